The highest BCUT2D eigenvalue weighted by molar-refractivity contribution is 5.75. The van der Waals surface area contributed by atoms with Crippen LogP contribution >= 0.6 is 0 Å². The van der Waals surface area contributed by atoms with E-state index < -0.39 is 0 Å². The molecule has 0 aliphatic rings. The lowest BCUT2D eigenvalue weighted by molar-refractivity contribution is 0.112. The number of carbonyl (C=O) groups is 1. The van der Waals surface area contributed by atoms with Crippen LogP contribution in [0, 0.1) is 0 Å². The molecule has 0 radical (unpaired) electrons. The van der Waals surface area contributed by atoms with Crippen LogP contribution in [0.25, 0.3) is 0 Å². The summed E-state index contributed by atoms with van der Waals surface area (Å²) in [4.78, 5) is 10.3. The molecule has 0 fully saturated rings. The van der Waals surface area contributed by atoms with Crippen LogP contribution in [0.5, 0.6) is 5.75 Å². The molecular formula is C12H21NO2. The predicted molar refractivity (Wildman–Crippen MR) is 64.1 cm³/mol. The van der Waals surface area contributed by atoms with Crippen molar-refractivity contribution in [3.05, 3.63) is 29.3 Å². The second kappa shape index (κ2) is 10.7. The van der Waals surface area contributed by atoms with Crippen LogP contribution in [0.4, 0.5) is 0 Å². The maximum absolute atomic E-state index is 10.3. The molecule has 0 aliphatic heterocycles. The third-order valence-electron chi connectivity index (χ3n) is 1.46. The summed E-state index contributed by atoms with van der Waals surface area (Å²) in [6.45, 7) is 8.24. The second-order valence-electron chi connectivity index (χ2n) is 2.21. The molecule has 3 nitrogen and oxygen atoms in total. The number of nitrogens with two attached hydrogens (primary N) is 1. The van der Waals surface area contributed by atoms with Crippen LogP contribution in [0.1, 0.15) is 43.6 Å². The first-order chi connectivity index (χ1) is 7.27. The molecule has 86 valence electrons. The van der Waals surface area contributed by atoms with Crippen LogP contribution in [0.2, 0.25) is 0 Å². The second-order valence-corrected chi connectivity index (χ2v) is 2.21. The zero-order valence-electron chi connectivity index (χ0n) is 9.95. The van der Waals surface area contributed by atoms with Gasteiger partial charge in [-0.05, 0) is 18.2 Å². The fourth-order valence-electron chi connectivity index (χ4n) is 0.842. The first-order valence-corrected chi connectivity index (χ1v) is 5.25. The van der Waals surface area contributed by atoms with Gasteiger partial charge in [-0.1, -0.05) is 27.7 Å². The molecule has 0 atom stereocenters. The topological polar surface area (TPSA) is 63.3 Å². The molecule has 0 heterocycles. The number of benzene rings is 1. The Morgan fingerprint density at radius 3 is 2.20 bits per heavy atom. The Morgan fingerprint density at radius 2 is 1.80 bits per heavy atom. The number of aromatic hydroxyl groups is 1. The maximum Gasteiger partial charge on any atom is 0.150 e. The van der Waals surface area contributed by atoms with Crippen molar-refractivity contribution in [2.75, 3.05) is 0 Å². The van der Waals surface area contributed by atoms with E-state index in [2.05, 4.69) is 0 Å². The minimum absolute atomic E-state index is 0.137. The quantitative estimate of drug-likeness (QED) is 0.739. The van der Waals surface area contributed by atoms with Gasteiger partial charge >= 0.3 is 0 Å². The van der Waals surface area contributed by atoms with E-state index in [1.807, 2.05) is 27.7 Å². The zero-order valence-corrected chi connectivity index (χ0v) is 9.95. The average Bonchev–Trinajstić information content (AvgIpc) is 2.35. The minimum Gasteiger partial charge on any atom is -0.508 e. The van der Waals surface area contributed by atoms with E-state index in [0.717, 1.165) is 6.29 Å². The fourth-order valence-corrected chi connectivity index (χ4v) is 0.842. The van der Waals surface area contributed by atoms with E-state index in [0.29, 0.717) is 11.1 Å². The molecule has 1 rings (SSSR count). The molecule has 0 saturated carbocycles. The number of phenolic OH excluding ortho intramolecular Hbond substituents is 1. The lowest BCUT2D eigenvalue weighted by Crippen LogP contribution is -1.97. The zero-order chi connectivity index (χ0) is 12.3. The average molecular weight is 211 g/mol. The van der Waals surface area contributed by atoms with Crippen molar-refractivity contribution in [3.63, 3.8) is 0 Å². The molecule has 1 aromatic carbocycles. The summed E-state index contributed by atoms with van der Waals surface area (Å²) in [5, 5.41) is 9.13. The van der Waals surface area contributed by atoms with Gasteiger partial charge in [-0.3, -0.25) is 4.79 Å². The molecular weight excluding hydrogens is 190 g/mol. The van der Waals surface area contributed by atoms with Crippen molar-refractivity contribution in [2.24, 2.45) is 5.73 Å². The normalized spacial score (nSPS) is 7.80. The Kier molecular flexibility index (Phi) is 11.5. The third kappa shape index (κ3) is 5.86. The molecule has 1 aromatic rings. The van der Waals surface area contributed by atoms with Gasteiger partial charge in [0.15, 0.2) is 0 Å². The summed E-state index contributed by atoms with van der Waals surface area (Å²) in [6, 6.07) is 4.58. The van der Waals surface area contributed by atoms with Crippen molar-refractivity contribution in [1.82, 2.24) is 0 Å². The Hall–Kier alpha value is -1.35. The van der Waals surface area contributed by atoms with Crippen molar-refractivity contribution < 1.29 is 9.90 Å². The Balaban J connectivity index is 0. The van der Waals surface area contributed by atoms with Gasteiger partial charge in [0.25, 0.3) is 0 Å². The van der Waals surface area contributed by atoms with Gasteiger partial charge in [0, 0.05) is 17.7 Å². The number of rotatable bonds is 2. The minimum atomic E-state index is 0.137. The molecule has 0 aliphatic carbocycles. The van der Waals surface area contributed by atoms with Crippen LogP contribution in [-0.4, -0.2) is 11.4 Å². The van der Waals surface area contributed by atoms with Gasteiger partial charge in [0.1, 0.15) is 12.0 Å². The smallest absolute Gasteiger partial charge is 0.150 e. The van der Waals surface area contributed by atoms with E-state index >= 15 is 0 Å². The van der Waals surface area contributed by atoms with Crippen LogP contribution in [0.3, 0.4) is 0 Å². The summed E-state index contributed by atoms with van der Waals surface area (Å²) in [6.07, 6.45) is 0.721. The number of aldehydes is 1. The standard InChI is InChI=1S/C8H9NO2.2C2H6/c9-4-7-3-6(5-10)1-2-8(7)11;2*1-2/h1-3,5,11H,4,9H2;2*1-2H3. The highest BCUT2D eigenvalue weighted by atomic mass is 16.3. The van der Waals surface area contributed by atoms with E-state index in [-0.39, 0.29) is 12.3 Å². The summed E-state index contributed by atoms with van der Waals surface area (Å²) in [7, 11) is 0. The highest BCUT2D eigenvalue weighted by Gasteiger charge is 1.98. The van der Waals surface area contributed by atoms with E-state index in [9.17, 15) is 4.79 Å². The van der Waals surface area contributed by atoms with Crippen molar-refractivity contribution >= 4 is 6.29 Å². The monoisotopic (exact) mass is 211 g/mol. The largest absolute Gasteiger partial charge is 0.508 e. The fraction of sp³-hybridized carbons (Fsp3) is 0.417. The van der Waals surface area contributed by atoms with Gasteiger partial charge < -0.3 is 10.8 Å². The van der Waals surface area contributed by atoms with Crippen molar-refractivity contribution in [2.45, 2.75) is 34.2 Å². The van der Waals surface area contributed by atoms with Crippen molar-refractivity contribution in [3.8, 4) is 5.75 Å². The van der Waals surface area contributed by atoms with E-state index in [4.69, 9.17) is 10.8 Å². The third-order valence-corrected chi connectivity index (χ3v) is 1.46. The summed E-state index contributed by atoms with van der Waals surface area (Å²) in [5.74, 6) is 0.137. The molecule has 3 N–H and O–H groups in total. The van der Waals surface area contributed by atoms with E-state index in [1.54, 1.807) is 12.1 Å². The lowest BCUT2D eigenvalue weighted by Gasteiger charge is -2.00. The summed E-state index contributed by atoms with van der Waals surface area (Å²) in [5.41, 5.74) is 6.42. The van der Waals surface area contributed by atoms with Gasteiger partial charge in [0.05, 0.1) is 0 Å². The van der Waals surface area contributed by atoms with Crippen LogP contribution in [0.15, 0.2) is 18.2 Å². The molecule has 0 aromatic heterocycles. The van der Waals surface area contributed by atoms with Crippen LogP contribution < -0.4 is 5.73 Å². The lowest BCUT2D eigenvalue weighted by atomic mass is 10.1. The number of hydrogen-bond acceptors (Lipinski definition) is 3. The first kappa shape index (κ1) is 16.1. The Labute approximate surface area is 91.9 Å². The van der Waals surface area contributed by atoms with Gasteiger partial charge in [-0.25, -0.2) is 0 Å². The van der Waals surface area contributed by atoms with Gasteiger partial charge in [-0.2, -0.15) is 0 Å². The number of phenols is 1. The molecule has 15 heavy (non-hydrogen) atoms. The molecule has 0 unspecified atom stereocenters. The van der Waals surface area contributed by atoms with Gasteiger partial charge in [0.2, 0.25) is 0 Å². The molecule has 0 saturated heterocycles. The van der Waals surface area contributed by atoms with E-state index in [1.165, 1.54) is 6.07 Å². The molecule has 0 amide bonds. The van der Waals surface area contributed by atoms with Gasteiger partial charge in [-0.15, -0.1) is 0 Å². The summed E-state index contributed by atoms with van der Waals surface area (Å²) < 4.78 is 0. The number of carbonyl (C=O) groups excluding carboxylic acids is 1. The highest BCUT2D eigenvalue weighted by Crippen LogP contribution is 2.16. The maximum atomic E-state index is 10.3. The predicted octanol–water partition coefficient (Wildman–Crippen LogP) is 2.72. The molecule has 0 bridgehead atoms. The van der Waals surface area contributed by atoms with Crippen molar-refractivity contribution in [1.29, 1.82) is 0 Å². The number of hydrogen-bond donors (Lipinski definition) is 2. The Morgan fingerprint density at radius 1 is 1.27 bits per heavy atom. The molecule has 0 spiro atoms. The molecule has 3 heteroatoms. The SMILES string of the molecule is CC.CC.NCc1cc(C=O)ccc1O. The van der Waals surface area contributed by atoms with Crippen LogP contribution in [-0.2, 0) is 6.54 Å². The summed E-state index contributed by atoms with van der Waals surface area (Å²) >= 11 is 0. The first-order valence-electron chi connectivity index (χ1n) is 5.25. The Bertz CT molecular complexity index is 272.